The lowest BCUT2D eigenvalue weighted by molar-refractivity contribution is -0.126. The van der Waals surface area contributed by atoms with Crippen molar-refractivity contribution in [2.24, 2.45) is 52.3 Å². The third-order valence-corrected chi connectivity index (χ3v) is 10.5. The minimum Gasteiger partial charge on any atom is -0.330 e. The molecule has 0 aromatic rings. The highest BCUT2D eigenvalue weighted by molar-refractivity contribution is 5.79. The topological polar surface area (TPSA) is 29.1 Å². The summed E-state index contributed by atoms with van der Waals surface area (Å²) in [6.45, 7) is 14.8. The smallest absolute Gasteiger partial charge is 0.224 e. The van der Waals surface area contributed by atoms with Gasteiger partial charge in [-0.3, -0.25) is 4.79 Å². The first-order valence-corrected chi connectivity index (χ1v) is 13.2. The fraction of sp³-hybridized carbons (Fsp3) is 0.893. The summed E-state index contributed by atoms with van der Waals surface area (Å²) < 4.78 is 0. The maximum absolute atomic E-state index is 12.1. The summed E-state index contributed by atoms with van der Waals surface area (Å²) in [5.41, 5.74) is 2.02. The average Bonchev–Trinajstić information content (AvgIpc) is 3.05. The Labute approximate surface area is 186 Å². The van der Waals surface area contributed by atoms with Crippen molar-refractivity contribution < 1.29 is 4.79 Å². The monoisotopic (exact) mass is 413 g/mol. The number of rotatable bonds is 6. The van der Waals surface area contributed by atoms with E-state index in [4.69, 9.17) is 0 Å². The Morgan fingerprint density at radius 1 is 1.07 bits per heavy atom. The van der Waals surface area contributed by atoms with Crippen LogP contribution in [0, 0.1) is 52.3 Å². The van der Waals surface area contributed by atoms with Crippen molar-refractivity contribution in [3.8, 4) is 0 Å². The lowest BCUT2D eigenvalue weighted by Crippen LogP contribution is -2.55. The van der Waals surface area contributed by atoms with Gasteiger partial charge in [0.2, 0.25) is 5.91 Å². The number of hydrogen-bond acceptors (Lipinski definition) is 1. The van der Waals surface area contributed by atoms with Crippen molar-refractivity contribution >= 4 is 5.91 Å². The van der Waals surface area contributed by atoms with Gasteiger partial charge in [-0.2, -0.15) is 0 Å². The number of hydrogen-bond donors (Lipinski definition) is 1. The molecule has 6 unspecified atom stereocenters. The van der Waals surface area contributed by atoms with Crippen LogP contribution in [-0.4, -0.2) is 5.91 Å². The van der Waals surface area contributed by atoms with Crippen molar-refractivity contribution in [1.29, 1.82) is 0 Å². The molecule has 0 aromatic heterocycles. The first-order chi connectivity index (χ1) is 14.2. The number of nitrogens with one attached hydrogen (secondary N) is 1. The van der Waals surface area contributed by atoms with Crippen molar-refractivity contribution in [3.63, 3.8) is 0 Å². The second-order valence-electron chi connectivity index (χ2n) is 12.4. The van der Waals surface area contributed by atoms with Crippen LogP contribution in [0.5, 0.6) is 0 Å². The van der Waals surface area contributed by atoms with E-state index in [2.05, 4.69) is 52.9 Å². The van der Waals surface area contributed by atoms with E-state index in [0.717, 1.165) is 41.9 Å². The highest BCUT2D eigenvalue weighted by atomic mass is 16.1. The molecule has 0 bridgehead atoms. The summed E-state index contributed by atoms with van der Waals surface area (Å²) in [6.07, 6.45) is 15.4. The number of carbonyl (C=O) groups is 1. The first-order valence-electron chi connectivity index (χ1n) is 13.2. The van der Waals surface area contributed by atoms with E-state index < -0.39 is 0 Å². The van der Waals surface area contributed by atoms with Gasteiger partial charge < -0.3 is 5.32 Å². The summed E-state index contributed by atoms with van der Waals surface area (Å²) in [7, 11) is 0. The molecule has 1 amide bonds. The average molecular weight is 414 g/mol. The minimum absolute atomic E-state index is 0.201. The molecule has 1 heterocycles. The summed E-state index contributed by atoms with van der Waals surface area (Å²) in [6, 6.07) is 0. The Morgan fingerprint density at radius 2 is 1.83 bits per heavy atom. The van der Waals surface area contributed by atoms with E-state index in [0.29, 0.717) is 17.8 Å². The SMILES string of the molecule is CCC1C=C2NC(=O)CC[C@]2(C)C2CC[C@]3(C)C(C(C)CCCC(C)C)CCC3C12. The maximum Gasteiger partial charge on any atom is 0.224 e. The Balaban J connectivity index is 1.57. The molecular weight excluding hydrogens is 366 g/mol. The van der Waals surface area contributed by atoms with E-state index in [1.165, 1.54) is 57.1 Å². The lowest BCUT2D eigenvalue weighted by atomic mass is 9.46. The van der Waals surface area contributed by atoms with E-state index in [9.17, 15) is 4.79 Å². The van der Waals surface area contributed by atoms with Gasteiger partial charge in [-0.15, -0.1) is 0 Å². The first kappa shape index (κ1) is 22.4. The molecule has 8 atom stereocenters. The Kier molecular flexibility index (Phi) is 6.19. The van der Waals surface area contributed by atoms with Crippen LogP contribution in [0.1, 0.15) is 106 Å². The molecule has 0 radical (unpaired) electrons. The summed E-state index contributed by atoms with van der Waals surface area (Å²) in [5.74, 6) is 5.98. The molecule has 1 N–H and O–H groups in total. The predicted molar refractivity (Wildman–Crippen MR) is 126 cm³/mol. The van der Waals surface area contributed by atoms with Gasteiger partial charge in [0.1, 0.15) is 0 Å². The molecule has 4 aliphatic rings. The van der Waals surface area contributed by atoms with Crippen LogP contribution in [0.25, 0.3) is 0 Å². The zero-order chi connectivity index (χ0) is 21.7. The third kappa shape index (κ3) is 3.58. The van der Waals surface area contributed by atoms with Crippen molar-refractivity contribution in [1.82, 2.24) is 5.32 Å². The van der Waals surface area contributed by atoms with E-state index in [1.54, 1.807) is 0 Å². The number of fused-ring (bicyclic) bond motifs is 5. The fourth-order valence-corrected chi connectivity index (χ4v) is 8.76. The molecule has 2 nitrogen and oxygen atoms in total. The summed E-state index contributed by atoms with van der Waals surface area (Å²) >= 11 is 0. The molecule has 3 aliphatic carbocycles. The van der Waals surface area contributed by atoms with Crippen LogP contribution < -0.4 is 5.32 Å². The summed E-state index contributed by atoms with van der Waals surface area (Å²) in [4.78, 5) is 12.1. The fourth-order valence-electron chi connectivity index (χ4n) is 8.76. The molecular formula is C28H47NO. The van der Waals surface area contributed by atoms with Crippen LogP contribution in [0.3, 0.4) is 0 Å². The quantitative estimate of drug-likeness (QED) is 0.484. The van der Waals surface area contributed by atoms with Gasteiger partial charge in [0.25, 0.3) is 0 Å². The molecule has 2 heteroatoms. The van der Waals surface area contributed by atoms with Crippen molar-refractivity contribution in [2.45, 2.75) is 106 Å². The largest absolute Gasteiger partial charge is 0.330 e. The molecule has 30 heavy (non-hydrogen) atoms. The Bertz CT molecular complexity index is 680. The van der Waals surface area contributed by atoms with Gasteiger partial charge in [0.15, 0.2) is 0 Å². The van der Waals surface area contributed by atoms with Gasteiger partial charge in [-0.1, -0.05) is 66.9 Å². The van der Waals surface area contributed by atoms with Gasteiger partial charge in [-0.05, 0) is 85.4 Å². The van der Waals surface area contributed by atoms with Gasteiger partial charge in [0, 0.05) is 17.5 Å². The second kappa shape index (κ2) is 8.28. The molecule has 1 saturated heterocycles. The lowest BCUT2D eigenvalue weighted by Gasteiger charge is -2.59. The highest BCUT2D eigenvalue weighted by Gasteiger charge is 2.61. The Hall–Kier alpha value is -0.790. The number of allylic oxidation sites excluding steroid dienone is 2. The van der Waals surface area contributed by atoms with E-state index in [1.807, 2.05) is 0 Å². The minimum atomic E-state index is 0.201. The number of carbonyl (C=O) groups excluding carboxylic acids is 1. The zero-order valence-electron chi connectivity index (χ0n) is 20.6. The van der Waals surface area contributed by atoms with Gasteiger partial charge >= 0.3 is 0 Å². The molecule has 0 aromatic carbocycles. The molecule has 3 fully saturated rings. The summed E-state index contributed by atoms with van der Waals surface area (Å²) in [5, 5.41) is 3.31. The number of piperidine rings is 1. The number of amides is 1. The Morgan fingerprint density at radius 3 is 2.53 bits per heavy atom. The third-order valence-electron chi connectivity index (χ3n) is 10.5. The molecule has 1 aliphatic heterocycles. The molecule has 2 saturated carbocycles. The van der Waals surface area contributed by atoms with Crippen molar-refractivity contribution in [3.05, 3.63) is 11.8 Å². The standard InChI is InChI=1S/C28H47NO/c1-7-20-17-24-28(6,16-14-25(30)29-24)23-13-15-27(5)21(11-12-22(27)26(20)23)19(4)10-8-9-18(2)3/h17-23,26H,7-16H2,1-6H3,(H,29,30)/t19?,20?,21?,22?,23?,26?,27-,28-/m1/s1. The van der Waals surface area contributed by atoms with Crippen LogP contribution in [0.4, 0.5) is 0 Å². The molecule has 4 rings (SSSR count). The zero-order valence-corrected chi connectivity index (χ0v) is 20.6. The van der Waals surface area contributed by atoms with Gasteiger partial charge in [-0.25, -0.2) is 0 Å². The normalized spacial score (nSPS) is 44.0. The van der Waals surface area contributed by atoms with E-state index >= 15 is 0 Å². The second-order valence-corrected chi connectivity index (χ2v) is 12.4. The maximum atomic E-state index is 12.1. The van der Waals surface area contributed by atoms with E-state index in [-0.39, 0.29) is 11.3 Å². The van der Waals surface area contributed by atoms with Crippen LogP contribution in [-0.2, 0) is 4.79 Å². The molecule has 0 spiro atoms. The van der Waals surface area contributed by atoms with Crippen molar-refractivity contribution in [2.75, 3.05) is 0 Å². The predicted octanol–water partition coefficient (Wildman–Crippen LogP) is 7.35. The van der Waals surface area contributed by atoms with Crippen LogP contribution >= 0.6 is 0 Å². The highest BCUT2D eigenvalue weighted by Crippen LogP contribution is 2.67. The van der Waals surface area contributed by atoms with Crippen LogP contribution in [0.2, 0.25) is 0 Å². The van der Waals surface area contributed by atoms with Gasteiger partial charge in [0.05, 0.1) is 0 Å². The van der Waals surface area contributed by atoms with Crippen LogP contribution in [0.15, 0.2) is 11.8 Å². The molecule has 170 valence electrons.